The van der Waals surface area contributed by atoms with E-state index in [0.29, 0.717) is 47.8 Å². The Kier molecular flexibility index (Phi) is 6.78. The number of aromatic amines is 1. The van der Waals surface area contributed by atoms with Gasteiger partial charge in [0.2, 0.25) is 5.88 Å². The first-order chi connectivity index (χ1) is 21.5. The minimum atomic E-state index is -0.921. The summed E-state index contributed by atoms with van der Waals surface area (Å²) in [6, 6.07) is 22.3. The van der Waals surface area contributed by atoms with Crippen LogP contribution in [0.25, 0.3) is 11.0 Å². The number of nitrogens with zero attached hydrogens (tertiary/aromatic N) is 4. The maximum atomic E-state index is 12.5. The van der Waals surface area contributed by atoms with E-state index in [1.54, 1.807) is 6.07 Å². The number of hydrogen-bond donors (Lipinski definition) is 2. The van der Waals surface area contributed by atoms with Gasteiger partial charge in [-0.2, -0.15) is 4.98 Å². The van der Waals surface area contributed by atoms with Gasteiger partial charge in [0.1, 0.15) is 11.3 Å². The molecule has 8 rings (SSSR count). The van der Waals surface area contributed by atoms with Gasteiger partial charge in [-0.3, -0.25) is 4.90 Å². The normalized spacial score (nSPS) is 23.8. The first kappa shape index (κ1) is 27.5. The first-order valence-corrected chi connectivity index (χ1v) is 16.3. The second-order valence-electron chi connectivity index (χ2n) is 13.6. The minimum absolute atomic E-state index is 0.200. The lowest BCUT2D eigenvalue weighted by atomic mass is 9.60. The summed E-state index contributed by atoms with van der Waals surface area (Å²) < 4.78 is 6.12. The SMILES string of the molecule is CC1COc2nc3[nH]ccc3cc2N(c2cc(N3CCC4(CC3)CC(N3CCCC3c3ccccc3)C4)ccc2C(=O)O)C1. The number of pyridine rings is 1. The zero-order chi connectivity index (χ0) is 29.8. The number of carboxylic acids is 1. The number of rotatable bonds is 5. The second-order valence-corrected chi connectivity index (χ2v) is 13.6. The Morgan fingerprint density at radius 1 is 1.02 bits per heavy atom. The third-order valence-corrected chi connectivity index (χ3v) is 10.7. The number of hydrogen-bond acceptors (Lipinski definition) is 6. The zero-order valence-electron chi connectivity index (χ0n) is 25.4. The van der Waals surface area contributed by atoms with E-state index in [9.17, 15) is 9.90 Å². The number of aromatic nitrogens is 2. The monoisotopic (exact) mass is 591 g/mol. The first-order valence-electron chi connectivity index (χ1n) is 16.3. The molecule has 0 bridgehead atoms. The van der Waals surface area contributed by atoms with Gasteiger partial charge in [0.25, 0.3) is 0 Å². The van der Waals surface area contributed by atoms with Crippen LogP contribution in [-0.4, -0.2) is 64.8 Å². The number of fused-ring (bicyclic) bond motifs is 2. The van der Waals surface area contributed by atoms with E-state index < -0.39 is 5.97 Å². The molecule has 3 aliphatic heterocycles. The standard InChI is InChI=1S/C36H41N5O3/c1-24-22-41(32-18-26-11-14-37-33(26)38-34(32)44-23-24)31-19-27(9-10-29(31)35(42)43)39-16-12-36(13-17-39)20-28(21-36)40-15-5-8-30(40)25-6-3-2-4-7-25/h2-4,6-7,9-11,14,18-19,24,28,30H,5,8,12-13,15-17,20-23H2,1H3,(H,37,38)(H,42,43). The van der Waals surface area contributed by atoms with Crippen LogP contribution < -0.4 is 14.5 Å². The maximum Gasteiger partial charge on any atom is 0.337 e. The third kappa shape index (κ3) is 4.80. The van der Waals surface area contributed by atoms with Gasteiger partial charge in [-0.25, -0.2) is 4.79 Å². The van der Waals surface area contributed by atoms with Crippen molar-refractivity contribution in [1.82, 2.24) is 14.9 Å². The van der Waals surface area contributed by atoms with Crippen LogP contribution in [0.1, 0.15) is 67.4 Å². The van der Waals surface area contributed by atoms with Crippen LogP contribution in [0.15, 0.2) is 66.9 Å². The van der Waals surface area contributed by atoms with Gasteiger partial charge in [-0.15, -0.1) is 0 Å². The van der Waals surface area contributed by atoms with Gasteiger partial charge in [0, 0.05) is 54.9 Å². The van der Waals surface area contributed by atoms with Gasteiger partial charge >= 0.3 is 5.97 Å². The molecule has 2 N–H and O–H groups in total. The lowest BCUT2D eigenvalue weighted by Crippen LogP contribution is -2.54. The van der Waals surface area contributed by atoms with Crippen LogP contribution in [0.2, 0.25) is 0 Å². The van der Waals surface area contributed by atoms with Gasteiger partial charge < -0.3 is 24.6 Å². The lowest BCUT2D eigenvalue weighted by Gasteiger charge is -2.56. The highest BCUT2D eigenvalue weighted by Gasteiger charge is 2.49. The van der Waals surface area contributed by atoms with E-state index >= 15 is 0 Å². The predicted molar refractivity (Wildman–Crippen MR) is 173 cm³/mol. The molecule has 8 nitrogen and oxygen atoms in total. The van der Waals surface area contributed by atoms with E-state index in [1.807, 2.05) is 18.3 Å². The molecule has 228 valence electrons. The number of nitrogens with one attached hydrogen (secondary N) is 1. The van der Waals surface area contributed by atoms with Crippen molar-refractivity contribution in [3.63, 3.8) is 0 Å². The summed E-state index contributed by atoms with van der Waals surface area (Å²) in [6.07, 6.45) is 9.42. The fraction of sp³-hybridized carbons (Fsp3) is 0.444. The van der Waals surface area contributed by atoms with Crippen molar-refractivity contribution in [3.8, 4) is 5.88 Å². The van der Waals surface area contributed by atoms with Crippen molar-refractivity contribution in [1.29, 1.82) is 0 Å². The van der Waals surface area contributed by atoms with E-state index in [1.165, 1.54) is 50.6 Å². The van der Waals surface area contributed by atoms with Crippen molar-refractivity contribution in [3.05, 3.63) is 78.0 Å². The Morgan fingerprint density at radius 3 is 2.64 bits per heavy atom. The highest BCUT2D eigenvalue weighted by atomic mass is 16.5. The van der Waals surface area contributed by atoms with Crippen molar-refractivity contribution >= 4 is 34.1 Å². The fourth-order valence-corrected chi connectivity index (χ4v) is 8.37. The number of benzene rings is 2. The van der Waals surface area contributed by atoms with Crippen LogP contribution in [0, 0.1) is 11.3 Å². The van der Waals surface area contributed by atoms with Crippen LogP contribution >= 0.6 is 0 Å². The van der Waals surface area contributed by atoms with Gasteiger partial charge in [-0.1, -0.05) is 37.3 Å². The molecule has 2 atom stereocenters. The van der Waals surface area contributed by atoms with E-state index in [0.717, 1.165) is 35.5 Å². The molecule has 0 amide bonds. The number of ether oxygens (including phenoxy) is 1. The molecule has 1 aliphatic carbocycles. The Morgan fingerprint density at radius 2 is 1.84 bits per heavy atom. The van der Waals surface area contributed by atoms with Gasteiger partial charge in [0.05, 0.1) is 17.9 Å². The van der Waals surface area contributed by atoms with Gasteiger partial charge in [0.15, 0.2) is 0 Å². The van der Waals surface area contributed by atoms with E-state index in [4.69, 9.17) is 9.72 Å². The average molecular weight is 592 g/mol. The van der Waals surface area contributed by atoms with Gasteiger partial charge in [-0.05, 0) is 86.4 Å². The Hall–Kier alpha value is -4.04. The molecule has 2 saturated heterocycles. The molecule has 5 heterocycles. The molecule has 1 spiro atoms. The molecule has 1 saturated carbocycles. The number of carbonyl (C=O) groups is 1. The largest absolute Gasteiger partial charge is 0.478 e. The topological polar surface area (TPSA) is 84.9 Å². The van der Waals surface area contributed by atoms with Crippen molar-refractivity contribution in [2.45, 2.75) is 57.5 Å². The quantitative estimate of drug-likeness (QED) is 0.258. The van der Waals surface area contributed by atoms with Crippen molar-refractivity contribution < 1.29 is 14.6 Å². The maximum absolute atomic E-state index is 12.5. The van der Waals surface area contributed by atoms with Crippen LogP contribution in [0.4, 0.5) is 17.1 Å². The summed E-state index contributed by atoms with van der Waals surface area (Å²) in [6.45, 7) is 6.54. The van der Waals surface area contributed by atoms with Crippen LogP contribution in [0.3, 0.4) is 0 Å². The van der Waals surface area contributed by atoms with E-state index in [2.05, 4.69) is 69.1 Å². The second kappa shape index (κ2) is 10.8. The Labute approximate surface area is 258 Å². The molecule has 8 heteroatoms. The summed E-state index contributed by atoms with van der Waals surface area (Å²) in [4.78, 5) is 27.8. The Bertz CT molecular complexity index is 1670. The summed E-state index contributed by atoms with van der Waals surface area (Å²) in [5.74, 6) is -0.181. The fourth-order valence-electron chi connectivity index (χ4n) is 8.37. The minimum Gasteiger partial charge on any atom is -0.478 e. The smallest absolute Gasteiger partial charge is 0.337 e. The predicted octanol–water partition coefficient (Wildman–Crippen LogP) is 7.01. The number of likely N-dealkylation sites (tertiary alicyclic amines) is 1. The van der Waals surface area contributed by atoms with Crippen LogP contribution in [0.5, 0.6) is 5.88 Å². The molecule has 3 fully saturated rings. The summed E-state index contributed by atoms with van der Waals surface area (Å²) in [7, 11) is 0. The third-order valence-electron chi connectivity index (χ3n) is 10.7. The molecular formula is C36H41N5O3. The number of piperidine rings is 1. The average Bonchev–Trinajstić information content (AvgIpc) is 3.67. The lowest BCUT2D eigenvalue weighted by molar-refractivity contribution is -0.0226. The van der Waals surface area contributed by atoms with Crippen molar-refractivity contribution in [2.24, 2.45) is 11.3 Å². The number of H-pyrrole nitrogens is 1. The molecule has 44 heavy (non-hydrogen) atoms. The van der Waals surface area contributed by atoms with Crippen LogP contribution in [-0.2, 0) is 0 Å². The molecule has 2 aromatic heterocycles. The van der Waals surface area contributed by atoms with Crippen molar-refractivity contribution in [2.75, 3.05) is 42.6 Å². The summed E-state index contributed by atoms with van der Waals surface area (Å²) in [5.41, 5.74) is 5.60. The molecule has 2 aromatic carbocycles. The molecule has 2 unspecified atom stereocenters. The Balaban J connectivity index is 1.01. The summed E-state index contributed by atoms with van der Waals surface area (Å²) >= 11 is 0. The number of anilines is 3. The summed E-state index contributed by atoms with van der Waals surface area (Å²) in [5, 5.41) is 11.2. The molecule has 4 aliphatic rings. The zero-order valence-corrected chi connectivity index (χ0v) is 25.4. The van der Waals surface area contributed by atoms with E-state index in [-0.39, 0.29) is 5.92 Å². The number of carboxylic acid groups (broad SMARTS) is 1. The molecule has 0 radical (unpaired) electrons. The highest BCUT2D eigenvalue weighted by molar-refractivity contribution is 5.97. The number of aromatic carboxylic acids is 1. The highest BCUT2D eigenvalue weighted by Crippen LogP contribution is 2.54. The molecule has 4 aromatic rings. The molecular weight excluding hydrogens is 550 g/mol.